The molecule has 9 heteroatoms. The summed E-state index contributed by atoms with van der Waals surface area (Å²) in [7, 11) is 1.62. The van der Waals surface area contributed by atoms with Crippen molar-refractivity contribution in [3.63, 3.8) is 0 Å². The van der Waals surface area contributed by atoms with Crippen LogP contribution in [0.15, 0.2) is 78.0 Å². The van der Waals surface area contributed by atoms with Gasteiger partial charge in [-0.1, -0.05) is 41.6 Å². The van der Waals surface area contributed by atoms with Crippen molar-refractivity contribution in [1.82, 2.24) is 14.8 Å². The van der Waals surface area contributed by atoms with E-state index in [-0.39, 0.29) is 24.1 Å². The summed E-state index contributed by atoms with van der Waals surface area (Å²) in [6, 6.07) is 22.9. The number of thioether (sulfide) groups is 1. The number of rotatable bonds is 6. The van der Waals surface area contributed by atoms with Gasteiger partial charge in [0.15, 0.2) is 11.0 Å². The highest BCUT2D eigenvalue weighted by atomic mass is 32.2. The lowest BCUT2D eigenvalue weighted by Crippen LogP contribution is -2.43. The smallest absolute Gasteiger partial charge is 0.244 e. The fourth-order valence-corrected chi connectivity index (χ4v) is 4.70. The zero-order valence-electron chi connectivity index (χ0n) is 19.3. The fraction of sp³-hybridized carbons (Fsp3) is 0.154. The van der Waals surface area contributed by atoms with Crippen LogP contribution in [0, 0.1) is 6.92 Å². The molecule has 0 atom stereocenters. The van der Waals surface area contributed by atoms with Crippen molar-refractivity contribution in [3.8, 4) is 22.8 Å². The van der Waals surface area contributed by atoms with Crippen LogP contribution in [0.3, 0.4) is 0 Å². The zero-order valence-corrected chi connectivity index (χ0v) is 20.1. The molecule has 0 radical (unpaired) electrons. The molecule has 1 aromatic heterocycles. The second-order valence-corrected chi connectivity index (χ2v) is 8.98. The standard InChI is InChI=1S/C26H23N5O3S/c1-17-7-11-19(12-8-17)31-25(18-9-13-20(34-2)14-10-18)28-29-26(31)35-16-24(33)30-15-23(32)27-21-5-3-4-6-22(21)30/h3-14H,15-16H2,1-2H3,(H,27,32). The summed E-state index contributed by atoms with van der Waals surface area (Å²) in [6.45, 7) is 2.01. The highest BCUT2D eigenvalue weighted by Gasteiger charge is 2.27. The lowest BCUT2D eigenvalue weighted by molar-refractivity contribution is -0.120. The number of ether oxygens (including phenoxy) is 1. The van der Waals surface area contributed by atoms with Gasteiger partial charge in [-0.15, -0.1) is 10.2 Å². The van der Waals surface area contributed by atoms with Crippen LogP contribution in [-0.2, 0) is 9.59 Å². The van der Waals surface area contributed by atoms with Gasteiger partial charge in [-0.3, -0.25) is 14.2 Å². The monoisotopic (exact) mass is 485 g/mol. The Labute approximate surface area is 206 Å². The van der Waals surface area contributed by atoms with E-state index in [9.17, 15) is 9.59 Å². The normalized spacial score (nSPS) is 12.7. The zero-order chi connectivity index (χ0) is 24.4. The van der Waals surface area contributed by atoms with Gasteiger partial charge in [0.1, 0.15) is 12.3 Å². The van der Waals surface area contributed by atoms with E-state index in [0.717, 1.165) is 22.6 Å². The van der Waals surface area contributed by atoms with Crippen molar-refractivity contribution in [3.05, 3.63) is 78.4 Å². The number of hydrogen-bond donors (Lipinski definition) is 1. The van der Waals surface area contributed by atoms with Gasteiger partial charge in [0.2, 0.25) is 11.8 Å². The number of amides is 2. The van der Waals surface area contributed by atoms with E-state index in [2.05, 4.69) is 15.5 Å². The molecule has 5 rings (SSSR count). The molecule has 2 amide bonds. The largest absolute Gasteiger partial charge is 0.497 e. The van der Waals surface area contributed by atoms with Gasteiger partial charge in [-0.2, -0.15) is 0 Å². The van der Waals surface area contributed by atoms with E-state index in [1.165, 1.54) is 16.7 Å². The van der Waals surface area contributed by atoms with Crippen LogP contribution in [0.25, 0.3) is 17.1 Å². The van der Waals surface area contributed by atoms with Crippen LogP contribution in [0.1, 0.15) is 5.56 Å². The van der Waals surface area contributed by atoms with E-state index in [1.54, 1.807) is 13.2 Å². The molecule has 8 nitrogen and oxygen atoms in total. The van der Waals surface area contributed by atoms with Crippen molar-refractivity contribution in [2.75, 3.05) is 29.6 Å². The lowest BCUT2D eigenvalue weighted by atomic mass is 10.2. The van der Waals surface area contributed by atoms with E-state index >= 15 is 0 Å². The first-order valence-corrected chi connectivity index (χ1v) is 12.0. The van der Waals surface area contributed by atoms with Crippen molar-refractivity contribution < 1.29 is 14.3 Å². The Morgan fingerprint density at radius 1 is 1.03 bits per heavy atom. The number of anilines is 2. The summed E-state index contributed by atoms with van der Waals surface area (Å²) < 4.78 is 7.22. The SMILES string of the molecule is COc1ccc(-c2nnc(SCC(=O)N3CC(=O)Nc4ccccc43)n2-c2ccc(C)cc2)cc1. The second-order valence-electron chi connectivity index (χ2n) is 8.04. The molecule has 35 heavy (non-hydrogen) atoms. The first kappa shape index (κ1) is 22.7. The molecule has 0 bridgehead atoms. The van der Waals surface area contributed by atoms with Gasteiger partial charge < -0.3 is 15.0 Å². The topological polar surface area (TPSA) is 89.4 Å². The molecular formula is C26H23N5O3S. The second kappa shape index (κ2) is 9.63. The maximum atomic E-state index is 13.2. The molecule has 3 aromatic carbocycles. The summed E-state index contributed by atoms with van der Waals surface area (Å²) in [5, 5.41) is 12.2. The highest BCUT2D eigenvalue weighted by molar-refractivity contribution is 7.99. The third-order valence-electron chi connectivity index (χ3n) is 5.67. The third kappa shape index (κ3) is 4.63. The number of aryl methyl sites for hydroxylation is 1. The quantitative estimate of drug-likeness (QED) is 0.409. The Hall–Kier alpha value is -4.11. The van der Waals surface area contributed by atoms with Gasteiger partial charge in [-0.05, 0) is 55.5 Å². The molecule has 0 spiro atoms. The van der Waals surface area contributed by atoms with E-state index < -0.39 is 0 Å². The van der Waals surface area contributed by atoms with Crippen LogP contribution < -0.4 is 15.0 Å². The number of benzene rings is 3. The lowest BCUT2D eigenvalue weighted by Gasteiger charge is -2.29. The Bertz CT molecular complexity index is 1380. The van der Waals surface area contributed by atoms with Crippen molar-refractivity contribution in [2.45, 2.75) is 12.1 Å². The summed E-state index contributed by atoms with van der Waals surface area (Å²) in [5.74, 6) is 1.12. The molecule has 0 saturated heterocycles. The first-order valence-electron chi connectivity index (χ1n) is 11.0. The van der Waals surface area contributed by atoms with Gasteiger partial charge >= 0.3 is 0 Å². The molecule has 176 valence electrons. The number of fused-ring (bicyclic) bond motifs is 1. The van der Waals surface area contributed by atoms with Crippen molar-refractivity contribution in [2.24, 2.45) is 0 Å². The molecule has 4 aromatic rings. The predicted octanol–water partition coefficient (Wildman–Crippen LogP) is 4.33. The fourth-order valence-electron chi connectivity index (χ4n) is 3.88. The molecule has 1 aliphatic heterocycles. The summed E-state index contributed by atoms with van der Waals surface area (Å²) in [6.07, 6.45) is 0. The Morgan fingerprint density at radius 3 is 2.51 bits per heavy atom. The number of methoxy groups -OCH3 is 1. The number of nitrogens with zero attached hydrogens (tertiary/aromatic N) is 4. The molecule has 1 aliphatic rings. The van der Waals surface area contributed by atoms with Crippen LogP contribution in [0.5, 0.6) is 5.75 Å². The van der Waals surface area contributed by atoms with E-state index in [4.69, 9.17) is 4.74 Å². The van der Waals surface area contributed by atoms with Crippen molar-refractivity contribution in [1.29, 1.82) is 0 Å². The molecule has 0 saturated carbocycles. The Morgan fingerprint density at radius 2 is 1.77 bits per heavy atom. The van der Waals surface area contributed by atoms with Crippen LogP contribution >= 0.6 is 11.8 Å². The van der Waals surface area contributed by atoms with E-state index in [0.29, 0.717) is 22.4 Å². The van der Waals surface area contributed by atoms with E-state index in [1.807, 2.05) is 78.2 Å². The number of carbonyl (C=O) groups excluding carboxylic acids is 2. The summed E-state index contributed by atoms with van der Waals surface area (Å²) in [5.41, 5.74) is 4.23. The predicted molar refractivity (Wildman–Crippen MR) is 136 cm³/mol. The molecule has 2 heterocycles. The van der Waals surface area contributed by atoms with Crippen LogP contribution in [-0.4, -0.2) is 46.0 Å². The Kier molecular flexibility index (Phi) is 6.24. The van der Waals surface area contributed by atoms with Gasteiger partial charge in [0.25, 0.3) is 0 Å². The number of aromatic nitrogens is 3. The maximum Gasteiger partial charge on any atom is 0.244 e. The van der Waals surface area contributed by atoms with Gasteiger partial charge in [-0.25, -0.2) is 0 Å². The minimum atomic E-state index is -0.216. The average Bonchev–Trinajstić information content (AvgIpc) is 3.31. The van der Waals surface area contributed by atoms with Crippen LogP contribution in [0.2, 0.25) is 0 Å². The summed E-state index contributed by atoms with van der Waals surface area (Å²) >= 11 is 1.29. The molecule has 0 aliphatic carbocycles. The molecular weight excluding hydrogens is 462 g/mol. The van der Waals surface area contributed by atoms with Crippen LogP contribution in [0.4, 0.5) is 11.4 Å². The number of para-hydroxylation sites is 2. The molecule has 0 unspecified atom stereocenters. The minimum Gasteiger partial charge on any atom is -0.497 e. The molecule has 0 fully saturated rings. The highest BCUT2D eigenvalue weighted by Crippen LogP contribution is 2.32. The molecule has 1 N–H and O–H groups in total. The minimum absolute atomic E-state index is 0.0157. The Balaban J connectivity index is 1.45. The third-order valence-corrected chi connectivity index (χ3v) is 6.58. The maximum absolute atomic E-state index is 13.2. The summed E-state index contributed by atoms with van der Waals surface area (Å²) in [4.78, 5) is 26.8. The average molecular weight is 486 g/mol. The number of carbonyl (C=O) groups is 2. The number of nitrogens with one attached hydrogen (secondary N) is 1. The van der Waals surface area contributed by atoms with Crippen molar-refractivity contribution >= 4 is 35.0 Å². The van der Waals surface area contributed by atoms with Gasteiger partial charge in [0.05, 0.1) is 24.2 Å². The first-order chi connectivity index (χ1) is 17.0. The number of hydrogen-bond acceptors (Lipinski definition) is 6. The van der Waals surface area contributed by atoms with Gasteiger partial charge in [0, 0.05) is 11.3 Å².